The van der Waals surface area contributed by atoms with Gasteiger partial charge in [-0.3, -0.25) is 0 Å². The molecule has 3 nitrogen and oxygen atoms in total. The Kier molecular flexibility index (Phi) is 5.83. The van der Waals surface area contributed by atoms with Gasteiger partial charge in [0.1, 0.15) is 17.1 Å². The Balaban J connectivity index is 1.19. The molecule has 50 heavy (non-hydrogen) atoms. The predicted molar refractivity (Wildman–Crippen MR) is 210 cm³/mol. The second-order valence-electron chi connectivity index (χ2n) is 12.8. The quantitative estimate of drug-likeness (QED) is 0.188. The van der Waals surface area contributed by atoms with Gasteiger partial charge in [-0.2, -0.15) is 0 Å². The zero-order chi connectivity index (χ0) is 32.8. The number of thiophene rings is 1. The maximum atomic E-state index is 6.74. The highest BCUT2D eigenvalue weighted by molar-refractivity contribution is 7.26. The van der Waals surface area contributed by atoms with Gasteiger partial charge >= 0.3 is 0 Å². The molecule has 0 atom stereocenters. The largest absolute Gasteiger partial charge is 0.456 e. The molecule has 10 aromatic rings. The van der Waals surface area contributed by atoms with Crippen molar-refractivity contribution in [3.05, 3.63) is 164 Å². The van der Waals surface area contributed by atoms with E-state index in [-0.39, 0.29) is 0 Å². The molecule has 3 heterocycles. The minimum atomic E-state index is 0.860. The fraction of sp³-hybridized carbons (Fsp3) is 0. The fourth-order valence-corrected chi connectivity index (χ4v) is 9.03. The average molecular weight is 658 g/mol. The van der Waals surface area contributed by atoms with E-state index in [9.17, 15) is 0 Å². The Morgan fingerprint density at radius 2 is 1.18 bits per heavy atom. The Bertz CT molecular complexity index is 2860. The Hall–Kier alpha value is -6.36. The molecule has 0 N–H and O–H groups in total. The highest BCUT2D eigenvalue weighted by Gasteiger charge is 2.27. The topological polar surface area (TPSA) is 25.6 Å². The molecular formula is C46H27NO2S. The zero-order valence-corrected chi connectivity index (χ0v) is 27.6. The molecule has 2 aromatic heterocycles. The Morgan fingerprint density at radius 1 is 0.440 bits per heavy atom. The molecule has 0 amide bonds. The first-order valence-electron chi connectivity index (χ1n) is 16.8. The summed E-state index contributed by atoms with van der Waals surface area (Å²) < 4.78 is 16.0. The maximum Gasteiger partial charge on any atom is 0.159 e. The summed E-state index contributed by atoms with van der Waals surface area (Å²) in [4.78, 5) is 2.40. The van der Waals surface area contributed by atoms with E-state index in [2.05, 4.69) is 157 Å². The second kappa shape index (κ2) is 10.6. The van der Waals surface area contributed by atoms with Crippen LogP contribution in [-0.2, 0) is 0 Å². The number of benzene rings is 8. The third-order valence-electron chi connectivity index (χ3n) is 10.1. The van der Waals surface area contributed by atoms with E-state index in [1.165, 1.54) is 31.3 Å². The highest BCUT2D eigenvalue weighted by Crippen LogP contribution is 2.53. The molecule has 8 aromatic carbocycles. The van der Waals surface area contributed by atoms with Crippen molar-refractivity contribution in [3.63, 3.8) is 0 Å². The number of hydrogen-bond donors (Lipinski definition) is 0. The van der Waals surface area contributed by atoms with E-state index in [0.717, 1.165) is 72.4 Å². The van der Waals surface area contributed by atoms with Crippen LogP contribution < -0.4 is 9.64 Å². The van der Waals surface area contributed by atoms with Crippen LogP contribution in [0.25, 0.3) is 75.1 Å². The lowest BCUT2D eigenvalue weighted by Gasteiger charge is -2.29. The van der Waals surface area contributed by atoms with Gasteiger partial charge in [-0.15, -0.1) is 11.3 Å². The van der Waals surface area contributed by atoms with E-state index >= 15 is 0 Å². The summed E-state index contributed by atoms with van der Waals surface area (Å²) in [5.41, 5.74) is 9.49. The fourth-order valence-electron chi connectivity index (χ4n) is 7.83. The molecule has 1 aliphatic heterocycles. The smallest absolute Gasteiger partial charge is 0.159 e. The molecule has 0 saturated heterocycles. The number of nitrogens with zero attached hydrogens (tertiary/aromatic N) is 1. The highest BCUT2D eigenvalue weighted by atomic mass is 32.1. The summed E-state index contributed by atoms with van der Waals surface area (Å²) in [7, 11) is 0. The van der Waals surface area contributed by atoms with Crippen LogP contribution in [0.15, 0.2) is 168 Å². The first-order valence-corrected chi connectivity index (χ1v) is 17.7. The molecule has 4 heteroatoms. The molecule has 11 rings (SSSR count). The number of para-hydroxylation sites is 2. The molecular weight excluding hydrogens is 631 g/mol. The number of ether oxygens (including phenoxy) is 1. The number of fused-ring (bicyclic) bond motifs is 8. The lowest BCUT2D eigenvalue weighted by atomic mass is 9.92. The molecule has 0 bridgehead atoms. The van der Waals surface area contributed by atoms with Crippen LogP contribution in [0.3, 0.4) is 0 Å². The monoisotopic (exact) mass is 657 g/mol. The van der Waals surface area contributed by atoms with E-state index in [0.29, 0.717) is 0 Å². The minimum absolute atomic E-state index is 0.860. The van der Waals surface area contributed by atoms with Crippen molar-refractivity contribution < 1.29 is 9.15 Å². The predicted octanol–water partition coefficient (Wildman–Crippen LogP) is 14.0. The maximum absolute atomic E-state index is 6.74. The van der Waals surface area contributed by atoms with Gasteiger partial charge in [0.25, 0.3) is 0 Å². The number of hydrogen-bond acceptors (Lipinski definition) is 4. The van der Waals surface area contributed by atoms with Crippen molar-refractivity contribution in [1.82, 2.24) is 0 Å². The van der Waals surface area contributed by atoms with Crippen LogP contribution in [0, 0.1) is 0 Å². The van der Waals surface area contributed by atoms with Crippen LogP contribution in [0.2, 0.25) is 0 Å². The van der Waals surface area contributed by atoms with E-state index in [4.69, 9.17) is 9.15 Å². The van der Waals surface area contributed by atoms with Crippen LogP contribution in [0.1, 0.15) is 0 Å². The van der Waals surface area contributed by atoms with Crippen LogP contribution in [0.4, 0.5) is 17.1 Å². The van der Waals surface area contributed by atoms with Crippen LogP contribution in [0.5, 0.6) is 11.5 Å². The average Bonchev–Trinajstić information content (AvgIpc) is 3.76. The summed E-state index contributed by atoms with van der Waals surface area (Å²) in [6.45, 7) is 0. The van der Waals surface area contributed by atoms with Crippen LogP contribution >= 0.6 is 11.3 Å². The third-order valence-corrected chi connectivity index (χ3v) is 11.3. The molecule has 0 spiro atoms. The van der Waals surface area contributed by atoms with Gasteiger partial charge in [0.05, 0.1) is 21.8 Å². The zero-order valence-electron chi connectivity index (χ0n) is 26.8. The van der Waals surface area contributed by atoms with Gasteiger partial charge in [-0.1, -0.05) is 115 Å². The van der Waals surface area contributed by atoms with Crippen molar-refractivity contribution in [3.8, 4) is 33.8 Å². The first-order chi connectivity index (χ1) is 24.8. The molecule has 0 unspecified atom stereocenters. The van der Waals surface area contributed by atoms with E-state index in [1.807, 2.05) is 23.5 Å². The third kappa shape index (κ3) is 3.97. The summed E-state index contributed by atoms with van der Waals surface area (Å²) in [6.07, 6.45) is 0. The summed E-state index contributed by atoms with van der Waals surface area (Å²) in [5.74, 6) is 1.73. The lowest BCUT2D eigenvalue weighted by molar-refractivity contribution is 0.487. The number of anilines is 3. The van der Waals surface area contributed by atoms with Crippen molar-refractivity contribution in [2.24, 2.45) is 0 Å². The Labute approximate surface area is 291 Å². The Morgan fingerprint density at radius 3 is 2.10 bits per heavy atom. The van der Waals surface area contributed by atoms with Gasteiger partial charge < -0.3 is 14.1 Å². The van der Waals surface area contributed by atoms with Crippen molar-refractivity contribution >= 4 is 81.3 Å². The summed E-state index contributed by atoms with van der Waals surface area (Å²) >= 11 is 1.84. The van der Waals surface area contributed by atoms with Gasteiger partial charge in [0.15, 0.2) is 5.58 Å². The molecule has 0 fully saturated rings. The summed E-state index contributed by atoms with van der Waals surface area (Å²) in [6, 6.07) is 58.1. The number of furan rings is 1. The standard InChI is InChI=1S/C46H27NO2S/c1-2-11-28(12-3-1)29-23-24-31-33-15-8-18-36-37(25-26-41(44(33)36)48-42(31)27-29)47(38-19-9-16-34-30-13-4-6-21-40(30)49-45(34)38)39-20-10-17-35-32-14-5-7-22-43(32)50-46(35)39/h1-27H. The lowest BCUT2D eigenvalue weighted by Crippen LogP contribution is -2.11. The van der Waals surface area contributed by atoms with Crippen molar-refractivity contribution in [1.29, 1.82) is 0 Å². The van der Waals surface area contributed by atoms with Gasteiger partial charge in [0, 0.05) is 42.6 Å². The van der Waals surface area contributed by atoms with Gasteiger partial charge in [-0.05, 0) is 65.2 Å². The normalized spacial score (nSPS) is 12.2. The van der Waals surface area contributed by atoms with Crippen molar-refractivity contribution in [2.75, 3.05) is 4.90 Å². The van der Waals surface area contributed by atoms with Crippen molar-refractivity contribution in [2.45, 2.75) is 0 Å². The second-order valence-corrected chi connectivity index (χ2v) is 13.9. The van der Waals surface area contributed by atoms with E-state index < -0.39 is 0 Å². The van der Waals surface area contributed by atoms with Gasteiger partial charge in [0.2, 0.25) is 0 Å². The van der Waals surface area contributed by atoms with E-state index in [1.54, 1.807) is 0 Å². The first kappa shape index (κ1) is 27.6. The minimum Gasteiger partial charge on any atom is -0.456 e. The SMILES string of the molecule is c1ccc(-c2ccc3c(c2)Oc2ccc(N(c4cccc5c4oc4ccccc45)c4cccc5c4sc4ccccc45)c4cccc-3c24)cc1. The number of rotatable bonds is 4. The molecule has 0 aliphatic carbocycles. The molecule has 234 valence electrons. The molecule has 0 radical (unpaired) electrons. The van der Waals surface area contributed by atoms with Gasteiger partial charge in [-0.25, -0.2) is 0 Å². The van der Waals surface area contributed by atoms with Crippen LogP contribution in [-0.4, -0.2) is 0 Å². The molecule has 1 aliphatic rings. The summed E-state index contributed by atoms with van der Waals surface area (Å²) in [5, 5.41) is 6.95. The molecule has 0 saturated carbocycles.